The molecule has 0 aromatic rings. The third-order valence-electron chi connectivity index (χ3n) is 7.20. The second kappa shape index (κ2) is 8.50. The largest absolute Gasteiger partial charge is 0.469 e. The molecule has 6 aliphatic heterocycles. The monoisotopic (exact) mass is 570 g/mol. The van der Waals surface area contributed by atoms with Gasteiger partial charge in [-0.2, -0.15) is 0 Å². The summed E-state index contributed by atoms with van der Waals surface area (Å²) in [5, 5.41) is 0.0606. The van der Waals surface area contributed by atoms with Gasteiger partial charge in [-0.05, 0) is 25.7 Å². The zero-order valence-electron chi connectivity index (χ0n) is 18.3. The molecule has 31 heavy (non-hydrogen) atoms. The van der Waals surface area contributed by atoms with Crippen molar-refractivity contribution in [3.63, 3.8) is 0 Å². The lowest BCUT2D eigenvalue weighted by atomic mass is 9.87. The van der Waals surface area contributed by atoms with E-state index in [-0.39, 0.29) is 70.0 Å². The summed E-state index contributed by atoms with van der Waals surface area (Å²) in [6.07, 6.45) is 3.77. The Labute approximate surface area is 202 Å². The number of ether oxygens (including phenoxy) is 6. The smallest absolute Gasteiger partial charge is 0.308 e. The molecular weight excluding hydrogens is 539 g/mol. The number of carbonyl (C=O) groups is 1. The molecule has 6 bridgehead atoms. The molecule has 0 spiro atoms. The van der Waals surface area contributed by atoms with E-state index in [2.05, 4.69) is 36.4 Å². The fourth-order valence-electron chi connectivity index (χ4n) is 5.90. The second-order valence-electron chi connectivity index (χ2n) is 10.2. The van der Waals surface area contributed by atoms with Crippen LogP contribution in [0.1, 0.15) is 58.8 Å². The molecular formula is C22H32ClIO7. The highest BCUT2D eigenvalue weighted by Gasteiger charge is 2.68. The highest BCUT2D eigenvalue weighted by atomic mass is 127. The summed E-state index contributed by atoms with van der Waals surface area (Å²) in [5.41, 5.74) is 0. The summed E-state index contributed by atoms with van der Waals surface area (Å²) in [6.45, 7) is 4.39. The summed E-state index contributed by atoms with van der Waals surface area (Å²) in [7, 11) is 1.40. The lowest BCUT2D eigenvalue weighted by Crippen LogP contribution is -2.61. The fraction of sp³-hybridized carbons (Fsp3) is 0.955. The minimum atomic E-state index is -0.705. The van der Waals surface area contributed by atoms with Gasteiger partial charge in [0, 0.05) is 21.6 Å². The lowest BCUT2D eigenvalue weighted by molar-refractivity contribution is -0.292. The quantitative estimate of drug-likeness (QED) is 0.264. The maximum Gasteiger partial charge on any atom is 0.308 e. The van der Waals surface area contributed by atoms with Crippen molar-refractivity contribution in [2.24, 2.45) is 0 Å². The molecule has 6 heterocycles. The van der Waals surface area contributed by atoms with Crippen molar-refractivity contribution in [2.75, 3.05) is 7.11 Å². The molecule has 9 heteroatoms. The van der Waals surface area contributed by atoms with Crippen molar-refractivity contribution >= 4 is 40.2 Å². The molecule has 6 rings (SSSR count). The maximum atomic E-state index is 11.8. The Balaban J connectivity index is 1.31. The molecule has 0 amide bonds. The number of hydrogen-bond donors (Lipinski definition) is 0. The molecule has 176 valence electrons. The van der Waals surface area contributed by atoms with E-state index in [1.165, 1.54) is 7.11 Å². The van der Waals surface area contributed by atoms with Gasteiger partial charge in [-0.3, -0.25) is 4.79 Å². The van der Waals surface area contributed by atoms with Gasteiger partial charge in [-0.1, -0.05) is 36.4 Å². The van der Waals surface area contributed by atoms with Gasteiger partial charge in [-0.25, -0.2) is 0 Å². The number of hydrogen-bond acceptors (Lipinski definition) is 7. The Morgan fingerprint density at radius 2 is 1.81 bits per heavy atom. The van der Waals surface area contributed by atoms with E-state index in [4.69, 9.17) is 40.0 Å². The average Bonchev–Trinajstić information content (AvgIpc) is 3.10. The SMILES string of the molecule is COC(=O)CC1CC[C@@H]2OC3C4O[C@@H]5C[C@](CCC(Cl)CC(C)(C)I)(OC4[C@H]2O1)OC35. The van der Waals surface area contributed by atoms with Crippen molar-refractivity contribution in [3.8, 4) is 0 Å². The van der Waals surface area contributed by atoms with Crippen LogP contribution in [0.2, 0.25) is 0 Å². The van der Waals surface area contributed by atoms with Crippen LogP contribution in [0.3, 0.4) is 0 Å². The van der Waals surface area contributed by atoms with Crippen LogP contribution in [0, 0.1) is 0 Å². The predicted octanol–water partition coefficient (Wildman–Crippen LogP) is 3.51. The van der Waals surface area contributed by atoms with E-state index in [9.17, 15) is 4.79 Å². The van der Waals surface area contributed by atoms with Gasteiger partial charge in [0.15, 0.2) is 5.79 Å². The van der Waals surface area contributed by atoms with Crippen molar-refractivity contribution in [3.05, 3.63) is 0 Å². The molecule has 0 aliphatic carbocycles. The van der Waals surface area contributed by atoms with E-state index < -0.39 is 5.79 Å². The first-order valence-corrected chi connectivity index (χ1v) is 12.9. The summed E-state index contributed by atoms with van der Waals surface area (Å²) in [6, 6.07) is 0. The topological polar surface area (TPSA) is 72.5 Å². The van der Waals surface area contributed by atoms with Crippen LogP contribution in [0.15, 0.2) is 0 Å². The van der Waals surface area contributed by atoms with Crippen LogP contribution in [0.5, 0.6) is 0 Å². The van der Waals surface area contributed by atoms with Crippen LogP contribution in [-0.4, -0.2) is 76.5 Å². The lowest BCUT2D eigenvalue weighted by Gasteiger charge is -2.47. The fourth-order valence-corrected chi connectivity index (χ4v) is 7.19. The van der Waals surface area contributed by atoms with Gasteiger partial charge < -0.3 is 28.4 Å². The van der Waals surface area contributed by atoms with Crippen LogP contribution in [-0.2, 0) is 33.2 Å². The Morgan fingerprint density at radius 3 is 2.55 bits per heavy atom. The van der Waals surface area contributed by atoms with Crippen molar-refractivity contribution < 1.29 is 33.2 Å². The van der Waals surface area contributed by atoms with Crippen LogP contribution >= 0.6 is 34.2 Å². The zero-order chi connectivity index (χ0) is 22.0. The highest BCUT2D eigenvalue weighted by molar-refractivity contribution is 14.1. The van der Waals surface area contributed by atoms with Gasteiger partial charge in [0.2, 0.25) is 0 Å². The molecule has 0 aromatic heterocycles. The Hall–Kier alpha value is 0.290. The molecule has 6 saturated heterocycles. The number of halogens is 2. The van der Waals surface area contributed by atoms with Crippen LogP contribution in [0.4, 0.5) is 0 Å². The molecule has 0 aromatic carbocycles. The minimum Gasteiger partial charge on any atom is -0.469 e. The molecule has 6 aliphatic rings. The summed E-state index contributed by atoms with van der Waals surface area (Å²) >= 11 is 9.11. The third kappa shape index (κ3) is 4.51. The molecule has 0 saturated carbocycles. The first-order chi connectivity index (χ1) is 14.7. The summed E-state index contributed by atoms with van der Waals surface area (Å²) in [4.78, 5) is 11.8. The Bertz CT molecular complexity index is 702. The number of methoxy groups -OCH3 is 1. The van der Waals surface area contributed by atoms with Gasteiger partial charge in [-0.15, -0.1) is 11.6 Å². The highest BCUT2D eigenvalue weighted by Crippen LogP contribution is 2.54. The molecule has 0 radical (unpaired) electrons. The van der Waals surface area contributed by atoms with E-state index >= 15 is 0 Å². The standard InChI is InChI=1S/C22H32ClIO7/c1-21(2,24)9-11(23)6-7-22-10-14-17(30-22)18-19(29-14)20(31-22)16-13(28-18)5-4-12(27-16)8-15(25)26-3/h11-14,16-20H,4-10H2,1-3H3/t11?,12?,13-,14+,16-,17?,18?,19?,20?,22-/m0/s1. The van der Waals surface area contributed by atoms with Crippen LogP contribution < -0.4 is 0 Å². The first kappa shape index (κ1) is 23.1. The maximum absolute atomic E-state index is 11.8. The number of carbonyl (C=O) groups excluding carboxylic acids is 1. The van der Waals surface area contributed by atoms with Crippen LogP contribution in [0.25, 0.3) is 0 Å². The molecule has 6 fully saturated rings. The molecule has 10 atom stereocenters. The van der Waals surface area contributed by atoms with Crippen molar-refractivity contribution in [1.82, 2.24) is 0 Å². The minimum absolute atomic E-state index is 0.0131. The van der Waals surface area contributed by atoms with E-state index in [0.717, 1.165) is 32.1 Å². The third-order valence-corrected chi connectivity index (χ3v) is 8.01. The van der Waals surface area contributed by atoms with Crippen molar-refractivity contribution in [1.29, 1.82) is 0 Å². The van der Waals surface area contributed by atoms with Gasteiger partial charge >= 0.3 is 5.97 Å². The average molecular weight is 571 g/mol. The predicted molar refractivity (Wildman–Crippen MR) is 121 cm³/mol. The summed E-state index contributed by atoms with van der Waals surface area (Å²) in [5.74, 6) is -0.964. The second-order valence-corrected chi connectivity index (χ2v) is 13.7. The summed E-state index contributed by atoms with van der Waals surface area (Å²) < 4.78 is 37.4. The molecule has 0 N–H and O–H groups in total. The van der Waals surface area contributed by atoms with E-state index in [1.54, 1.807) is 0 Å². The molecule has 6 unspecified atom stereocenters. The number of fused-ring (bicyclic) bond motifs is 1. The van der Waals surface area contributed by atoms with E-state index in [0.29, 0.717) is 6.42 Å². The van der Waals surface area contributed by atoms with Gasteiger partial charge in [0.05, 0.1) is 31.8 Å². The van der Waals surface area contributed by atoms with E-state index in [1.807, 2.05) is 0 Å². The van der Waals surface area contributed by atoms with Crippen molar-refractivity contribution in [2.45, 2.75) is 122 Å². The number of rotatable bonds is 7. The first-order valence-electron chi connectivity index (χ1n) is 11.4. The van der Waals surface area contributed by atoms with Gasteiger partial charge in [0.1, 0.15) is 30.5 Å². The zero-order valence-corrected chi connectivity index (χ0v) is 21.2. The normalized spacial score (nSPS) is 46.5. The Morgan fingerprint density at radius 1 is 1.10 bits per heavy atom. The molecule has 7 nitrogen and oxygen atoms in total. The Kier molecular flexibility index (Phi) is 6.32. The number of alkyl halides is 2. The van der Waals surface area contributed by atoms with Gasteiger partial charge in [0.25, 0.3) is 0 Å². The number of esters is 1.